The second-order valence-electron chi connectivity index (χ2n) is 8.67. The van der Waals surface area contributed by atoms with Crippen LogP contribution < -0.4 is 24.8 Å². The number of carbonyl (C=O) groups is 2. The number of thiazole rings is 1. The van der Waals surface area contributed by atoms with Crippen LogP contribution in [0.5, 0.6) is 17.2 Å². The van der Waals surface area contributed by atoms with Crippen LogP contribution in [0.25, 0.3) is 10.2 Å². The van der Waals surface area contributed by atoms with Crippen LogP contribution in [0.15, 0.2) is 58.9 Å². The largest absolute Gasteiger partial charge is 0.493 e. The van der Waals surface area contributed by atoms with E-state index >= 15 is 0 Å². The Labute approximate surface area is 213 Å². The van der Waals surface area contributed by atoms with Gasteiger partial charge in [0.15, 0.2) is 22.4 Å². The van der Waals surface area contributed by atoms with Gasteiger partial charge in [0.25, 0.3) is 5.91 Å². The molecule has 9 heteroatoms. The van der Waals surface area contributed by atoms with E-state index in [2.05, 4.69) is 15.6 Å². The zero-order valence-electron chi connectivity index (χ0n) is 20.6. The molecule has 2 aliphatic rings. The average molecular weight is 506 g/mol. The summed E-state index contributed by atoms with van der Waals surface area (Å²) in [4.78, 5) is 31.6. The Morgan fingerprint density at radius 2 is 1.81 bits per heavy atom. The van der Waals surface area contributed by atoms with Gasteiger partial charge in [-0.3, -0.25) is 14.9 Å². The molecule has 0 saturated heterocycles. The molecule has 2 aromatic carbocycles. The zero-order chi connectivity index (χ0) is 25.4. The molecule has 1 aliphatic carbocycles. The lowest BCUT2D eigenvalue weighted by Crippen LogP contribution is -2.35. The molecular weight excluding hydrogens is 478 g/mol. The van der Waals surface area contributed by atoms with Gasteiger partial charge >= 0.3 is 0 Å². The molecule has 3 aromatic rings. The number of aromatic nitrogens is 1. The number of ether oxygens (including phenoxy) is 3. The van der Waals surface area contributed by atoms with Crippen molar-refractivity contribution in [1.29, 1.82) is 0 Å². The number of hydrogen-bond donors (Lipinski definition) is 2. The van der Waals surface area contributed by atoms with Gasteiger partial charge < -0.3 is 19.5 Å². The minimum absolute atomic E-state index is 0.0280. The summed E-state index contributed by atoms with van der Waals surface area (Å²) >= 11 is 1.41. The van der Waals surface area contributed by atoms with Crippen molar-refractivity contribution in [2.75, 3.05) is 26.6 Å². The summed E-state index contributed by atoms with van der Waals surface area (Å²) in [6.07, 6.45) is 1.95. The van der Waals surface area contributed by atoms with E-state index in [0.29, 0.717) is 51.2 Å². The molecule has 1 aliphatic heterocycles. The zero-order valence-corrected chi connectivity index (χ0v) is 21.4. The molecule has 1 aromatic heterocycles. The number of hydrogen-bond acceptors (Lipinski definition) is 8. The van der Waals surface area contributed by atoms with Crippen LogP contribution in [0.1, 0.15) is 37.7 Å². The molecular formula is C27H27N3O5S. The molecule has 1 unspecified atom stereocenters. The molecule has 0 saturated carbocycles. The number of allylic oxidation sites excluding steroid dienone is 3. The summed E-state index contributed by atoms with van der Waals surface area (Å²) in [7, 11) is 4.63. The third-order valence-corrected chi connectivity index (χ3v) is 7.51. The molecule has 0 bridgehead atoms. The van der Waals surface area contributed by atoms with E-state index in [9.17, 15) is 9.59 Å². The summed E-state index contributed by atoms with van der Waals surface area (Å²) in [5.74, 6) is 0.474. The molecule has 1 atom stereocenters. The highest BCUT2D eigenvalue weighted by atomic mass is 32.1. The Hall–Kier alpha value is -3.85. The molecule has 8 nitrogen and oxygen atoms in total. The number of fused-ring (bicyclic) bond motifs is 1. The van der Waals surface area contributed by atoms with Crippen LogP contribution in [0.2, 0.25) is 0 Å². The van der Waals surface area contributed by atoms with Gasteiger partial charge in [0.1, 0.15) is 0 Å². The van der Waals surface area contributed by atoms with Gasteiger partial charge in [-0.1, -0.05) is 23.5 Å². The quantitative estimate of drug-likeness (QED) is 0.490. The standard InChI is InChI=1S/C27H27N3O5S/c1-14-22(26(32)30-27-29-16-8-5-6-11-21(16)36-27)23(24-17(28-14)9-7-10-18(24)31)15-12-19(33-2)25(35-4)20(13-15)34-3/h5-6,8,11-13,23,28H,7,9-10H2,1-4H3,(H,29,30,32). The Morgan fingerprint density at radius 1 is 1.08 bits per heavy atom. The fraction of sp³-hybridized carbons (Fsp3) is 0.296. The van der Waals surface area contributed by atoms with Crippen molar-refractivity contribution in [1.82, 2.24) is 10.3 Å². The Bertz CT molecular complexity index is 1380. The number of Topliss-reactive ketones (excluding diaryl/α,β-unsaturated/α-hetero) is 1. The molecule has 0 fully saturated rings. The van der Waals surface area contributed by atoms with E-state index in [-0.39, 0.29) is 11.7 Å². The van der Waals surface area contributed by atoms with E-state index in [4.69, 9.17) is 14.2 Å². The van der Waals surface area contributed by atoms with Crippen molar-refractivity contribution < 1.29 is 23.8 Å². The number of rotatable bonds is 6. The van der Waals surface area contributed by atoms with Gasteiger partial charge in [-0.25, -0.2) is 4.98 Å². The number of methoxy groups -OCH3 is 3. The minimum Gasteiger partial charge on any atom is -0.493 e. The third kappa shape index (κ3) is 4.09. The summed E-state index contributed by atoms with van der Waals surface area (Å²) in [6, 6.07) is 11.3. The van der Waals surface area contributed by atoms with Gasteiger partial charge in [0.2, 0.25) is 5.75 Å². The molecule has 36 heavy (non-hydrogen) atoms. The Kier molecular flexibility index (Phi) is 6.40. The van der Waals surface area contributed by atoms with Crippen LogP contribution in [0, 0.1) is 0 Å². The number of nitrogens with one attached hydrogen (secondary N) is 2. The van der Waals surface area contributed by atoms with Crippen LogP contribution in [-0.4, -0.2) is 38.0 Å². The van der Waals surface area contributed by atoms with Crippen molar-refractivity contribution in [3.8, 4) is 17.2 Å². The Balaban J connectivity index is 1.63. The number of benzene rings is 2. The van der Waals surface area contributed by atoms with Gasteiger partial charge in [-0.2, -0.15) is 0 Å². The molecule has 5 rings (SSSR count). The highest BCUT2D eigenvalue weighted by molar-refractivity contribution is 7.22. The van der Waals surface area contributed by atoms with Gasteiger partial charge in [0, 0.05) is 34.9 Å². The van der Waals surface area contributed by atoms with Crippen molar-refractivity contribution in [3.05, 3.63) is 64.5 Å². The number of anilines is 1. The lowest BCUT2D eigenvalue weighted by atomic mass is 9.75. The highest BCUT2D eigenvalue weighted by Gasteiger charge is 2.39. The van der Waals surface area contributed by atoms with E-state index < -0.39 is 5.92 Å². The maximum absolute atomic E-state index is 13.8. The molecule has 0 radical (unpaired) electrons. The maximum atomic E-state index is 13.8. The SMILES string of the molecule is COc1cc(C2C(C(=O)Nc3nc4ccccc4s3)=C(C)NC3=C2C(=O)CCC3)cc(OC)c1OC. The number of nitrogens with zero attached hydrogens (tertiary/aromatic N) is 1. The van der Waals surface area contributed by atoms with E-state index in [1.54, 1.807) is 14.2 Å². The second kappa shape index (κ2) is 9.66. The third-order valence-electron chi connectivity index (χ3n) is 6.56. The lowest BCUT2D eigenvalue weighted by Gasteiger charge is -2.34. The fourth-order valence-electron chi connectivity index (χ4n) is 4.98. The lowest BCUT2D eigenvalue weighted by molar-refractivity contribution is -0.116. The van der Waals surface area contributed by atoms with Gasteiger partial charge in [-0.15, -0.1) is 0 Å². The van der Waals surface area contributed by atoms with Gasteiger partial charge in [-0.05, 0) is 49.6 Å². The molecule has 0 spiro atoms. The second-order valence-corrected chi connectivity index (χ2v) is 9.70. The van der Waals surface area contributed by atoms with Gasteiger partial charge in [0.05, 0.1) is 31.5 Å². The van der Waals surface area contributed by atoms with Crippen molar-refractivity contribution in [3.63, 3.8) is 0 Å². The predicted molar refractivity (Wildman–Crippen MR) is 139 cm³/mol. The van der Waals surface area contributed by atoms with E-state index in [1.807, 2.05) is 43.3 Å². The first-order valence-corrected chi connectivity index (χ1v) is 12.5. The normalized spacial score (nSPS) is 17.6. The molecule has 2 heterocycles. The molecule has 2 N–H and O–H groups in total. The van der Waals surface area contributed by atoms with Crippen molar-refractivity contribution >= 4 is 38.4 Å². The monoisotopic (exact) mass is 505 g/mol. The number of para-hydroxylation sites is 1. The van der Waals surface area contributed by atoms with Crippen LogP contribution >= 0.6 is 11.3 Å². The van der Waals surface area contributed by atoms with Crippen LogP contribution in [-0.2, 0) is 9.59 Å². The average Bonchev–Trinajstić information content (AvgIpc) is 3.29. The first-order valence-electron chi connectivity index (χ1n) is 11.7. The van der Waals surface area contributed by atoms with Crippen LogP contribution in [0.4, 0.5) is 5.13 Å². The highest BCUT2D eigenvalue weighted by Crippen LogP contribution is 2.47. The molecule has 1 amide bonds. The van der Waals surface area contributed by atoms with Crippen LogP contribution in [0.3, 0.4) is 0 Å². The molecule has 186 valence electrons. The summed E-state index contributed by atoms with van der Waals surface area (Å²) in [6.45, 7) is 1.86. The first kappa shape index (κ1) is 23.9. The maximum Gasteiger partial charge on any atom is 0.256 e. The van der Waals surface area contributed by atoms with Crippen molar-refractivity contribution in [2.24, 2.45) is 0 Å². The Morgan fingerprint density at radius 3 is 2.47 bits per heavy atom. The van der Waals surface area contributed by atoms with Crippen molar-refractivity contribution in [2.45, 2.75) is 32.1 Å². The summed E-state index contributed by atoms with van der Waals surface area (Å²) in [5, 5.41) is 6.82. The number of carbonyl (C=O) groups excluding carboxylic acids is 2. The first-order chi connectivity index (χ1) is 17.4. The number of amides is 1. The summed E-state index contributed by atoms with van der Waals surface area (Å²) < 4.78 is 17.6. The summed E-state index contributed by atoms with van der Waals surface area (Å²) in [5.41, 5.74) is 4.15. The minimum atomic E-state index is -0.600. The van der Waals surface area contributed by atoms with E-state index in [1.165, 1.54) is 18.4 Å². The number of dihydropyridines is 1. The fourth-order valence-corrected chi connectivity index (χ4v) is 5.84. The predicted octanol–water partition coefficient (Wildman–Crippen LogP) is 4.93. The number of ketones is 1. The topological polar surface area (TPSA) is 98.8 Å². The van der Waals surface area contributed by atoms with E-state index in [0.717, 1.165) is 28.8 Å². The smallest absolute Gasteiger partial charge is 0.256 e.